The SMILES string of the molecule is CC(NC1CCC(=O)N(C)C1=O)c1nccs1. The van der Waals surface area contributed by atoms with Gasteiger partial charge in [0.2, 0.25) is 11.8 Å². The number of likely N-dealkylation sites (tertiary alicyclic amines) is 1. The fraction of sp³-hybridized carbons (Fsp3) is 0.545. The van der Waals surface area contributed by atoms with Crippen LogP contribution in [0.25, 0.3) is 0 Å². The molecule has 2 unspecified atom stereocenters. The summed E-state index contributed by atoms with van der Waals surface area (Å²) in [6, 6.07) is -0.248. The van der Waals surface area contributed by atoms with E-state index in [0.29, 0.717) is 12.8 Å². The summed E-state index contributed by atoms with van der Waals surface area (Å²) < 4.78 is 0. The van der Waals surface area contributed by atoms with Crippen molar-refractivity contribution in [3.8, 4) is 0 Å². The minimum absolute atomic E-state index is 0.0329. The number of rotatable bonds is 3. The van der Waals surface area contributed by atoms with Gasteiger partial charge in [0.25, 0.3) is 0 Å². The first-order chi connectivity index (χ1) is 8.09. The third-order valence-electron chi connectivity index (χ3n) is 2.92. The summed E-state index contributed by atoms with van der Waals surface area (Å²) in [5, 5.41) is 6.09. The maximum atomic E-state index is 11.9. The Morgan fingerprint density at radius 3 is 3.00 bits per heavy atom. The van der Waals surface area contributed by atoms with Crippen LogP contribution in [0.15, 0.2) is 11.6 Å². The van der Waals surface area contributed by atoms with E-state index in [2.05, 4.69) is 10.3 Å². The molecule has 6 heteroatoms. The first-order valence-corrected chi connectivity index (χ1v) is 6.43. The Balaban J connectivity index is 2.00. The maximum Gasteiger partial charge on any atom is 0.246 e. The fourth-order valence-corrected chi connectivity index (χ4v) is 2.55. The molecule has 0 aromatic carbocycles. The van der Waals surface area contributed by atoms with E-state index in [9.17, 15) is 9.59 Å². The molecule has 2 rings (SSSR count). The van der Waals surface area contributed by atoms with Gasteiger partial charge in [0, 0.05) is 25.0 Å². The van der Waals surface area contributed by atoms with Crippen molar-refractivity contribution in [1.29, 1.82) is 0 Å². The number of amides is 2. The van der Waals surface area contributed by atoms with Gasteiger partial charge >= 0.3 is 0 Å². The van der Waals surface area contributed by atoms with Gasteiger partial charge in [0.05, 0.1) is 12.1 Å². The van der Waals surface area contributed by atoms with Crippen molar-refractivity contribution >= 4 is 23.2 Å². The number of nitrogens with zero attached hydrogens (tertiary/aromatic N) is 2. The molecule has 1 aromatic heterocycles. The van der Waals surface area contributed by atoms with E-state index in [1.54, 1.807) is 17.5 Å². The largest absolute Gasteiger partial charge is 0.297 e. The van der Waals surface area contributed by atoms with Crippen molar-refractivity contribution in [3.63, 3.8) is 0 Å². The molecule has 0 spiro atoms. The predicted octanol–water partition coefficient (Wildman–Crippen LogP) is 0.941. The van der Waals surface area contributed by atoms with Crippen LogP contribution in [-0.2, 0) is 9.59 Å². The number of nitrogens with one attached hydrogen (secondary N) is 1. The lowest BCUT2D eigenvalue weighted by atomic mass is 10.0. The minimum atomic E-state index is -0.281. The molecule has 2 atom stereocenters. The molecule has 0 saturated carbocycles. The maximum absolute atomic E-state index is 11.9. The smallest absolute Gasteiger partial charge is 0.246 e. The molecule has 5 nitrogen and oxygen atoms in total. The van der Waals surface area contributed by atoms with E-state index < -0.39 is 0 Å². The second-order valence-electron chi connectivity index (χ2n) is 4.14. The summed E-state index contributed by atoms with van der Waals surface area (Å²) in [6.45, 7) is 1.97. The van der Waals surface area contributed by atoms with E-state index in [-0.39, 0.29) is 23.9 Å². The van der Waals surface area contributed by atoms with Crippen LogP contribution in [0.5, 0.6) is 0 Å². The van der Waals surface area contributed by atoms with Gasteiger partial charge in [-0.25, -0.2) is 4.98 Å². The molecule has 17 heavy (non-hydrogen) atoms. The van der Waals surface area contributed by atoms with Crippen molar-refractivity contribution < 1.29 is 9.59 Å². The summed E-state index contributed by atoms with van der Waals surface area (Å²) in [5.74, 6) is -0.250. The van der Waals surface area contributed by atoms with Gasteiger partial charge in [-0.3, -0.25) is 19.8 Å². The molecule has 1 fully saturated rings. The molecule has 1 saturated heterocycles. The average Bonchev–Trinajstić information content (AvgIpc) is 2.83. The van der Waals surface area contributed by atoms with E-state index in [1.165, 1.54) is 11.9 Å². The van der Waals surface area contributed by atoms with Gasteiger partial charge in [-0.1, -0.05) is 0 Å². The number of imide groups is 1. The van der Waals surface area contributed by atoms with Crippen LogP contribution in [-0.4, -0.2) is 34.8 Å². The van der Waals surface area contributed by atoms with Crippen LogP contribution in [0, 0.1) is 0 Å². The number of hydrogen-bond donors (Lipinski definition) is 1. The predicted molar refractivity (Wildman–Crippen MR) is 64.5 cm³/mol. The Hall–Kier alpha value is -1.27. The number of likely N-dealkylation sites (N-methyl/N-ethyl adjacent to an activating group) is 1. The molecule has 1 aromatic rings. The Morgan fingerprint density at radius 2 is 2.35 bits per heavy atom. The molecule has 1 N–H and O–H groups in total. The van der Waals surface area contributed by atoms with E-state index in [0.717, 1.165) is 5.01 Å². The second-order valence-corrected chi connectivity index (χ2v) is 5.07. The van der Waals surface area contributed by atoms with Gasteiger partial charge in [0.15, 0.2) is 0 Å². The lowest BCUT2D eigenvalue weighted by Gasteiger charge is -2.29. The molecule has 1 aliphatic rings. The topological polar surface area (TPSA) is 62.3 Å². The number of carbonyl (C=O) groups excluding carboxylic acids is 2. The third kappa shape index (κ3) is 2.53. The summed E-state index contributed by atoms with van der Waals surface area (Å²) in [7, 11) is 1.53. The second kappa shape index (κ2) is 4.93. The Bertz CT molecular complexity index is 418. The molecule has 0 aliphatic carbocycles. The number of piperidine rings is 1. The number of carbonyl (C=O) groups is 2. The van der Waals surface area contributed by atoms with Crippen molar-refractivity contribution in [2.45, 2.75) is 31.8 Å². The van der Waals surface area contributed by atoms with Gasteiger partial charge < -0.3 is 0 Å². The van der Waals surface area contributed by atoms with Gasteiger partial charge in [-0.05, 0) is 13.3 Å². The van der Waals surface area contributed by atoms with E-state index in [4.69, 9.17) is 0 Å². The molecular weight excluding hydrogens is 238 g/mol. The summed E-state index contributed by atoms with van der Waals surface area (Å²) in [5.41, 5.74) is 0. The monoisotopic (exact) mass is 253 g/mol. The summed E-state index contributed by atoms with van der Waals surface area (Å²) >= 11 is 1.56. The highest BCUT2D eigenvalue weighted by Gasteiger charge is 2.32. The molecule has 0 bridgehead atoms. The quantitative estimate of drug-likeness (QED) is 0.814. The molecule has 1 aliphatic heterocycles. The average molecular weight is 253 g/mol. The van der Waals surface area contributed by atoms with Crippen LogP contribution in [0.1, 0.15) is 30.8 Å². The standard InChI is InChI=1S/C11H15N3O2S/c1-7(10-12-5-6-17-10)13-8-3-4-9(15)14(2)11(8)16/h5-8,13H,3-4H2,1-2H3. The highest BCUT2D eigenvalue weighted by atomic mass is 32.1. The number of hydrogen-bond acceptors (Lipinski definition) is 5. The van der Waals surface area contributed by atoms with Crippen LogP contribution >= 0.6 is 11.3 Å². The first kappa shape index (κ1) is 12.2. The first-order valence-electron chi connectivity index (χ1n) is 5.55. The number of aromatic nitrogens is 1. The highest BCUT2D eigenvalue weighted by Crippen LogP contribution is 2.19. The van der Waals surface area contributed by atoms with Gasteiger partial charge in [-0.15, -0.1) is 11.3 Å². The van der Waals surface area contributed by atoms with Crippen LogP contribution < -0.4 is 5.32 Å². The zero-order valence-electron chi connectivity index (χ0n) is 9.84. The number of thiazole rings is 1. The van der Waals surface area contributed by atoms with Crippen molar-refractivity contribution in [1.82, 2.24) is 15.2 Å². The zero-order valence-corrected chi connectivity index (χ0v) is 10.7. The molecule has 2 amide bonds. The van der Waals surface area contributed by atoms with E-state index >= 15 is 0 Å². The van der Waals surface area contributed by atoms with Crippen LogP contribution in [0.2, 0.25) is 0 Å². The minimum Gasteiger partial charge on any atom is -0.297 e. The Morgan fingerprint density at radius 1 is 1.59 bits per heavy atom. The van der Waals surface area contributed by atoms with Crippen molar-refractivity contribution in [2.75, 3.05) is 7.05 Å². The van der Waals surface area contributed by atoms with Crippen LogP contribution in [0.3, 0.4) is 0 Å². The zero-order chi connectivity index (χ0) is 12.4. The summed E-state index contributed by atoms with van der Waals surface area (Å²) in [4.78, 5) is 28.6. The van der Waals surface area contributed by atoms with Gasteiger partial charge in [0.1, 0.15) is 5.01 Å². The molecule has 2 heterocycles. The molecular formula is C11H15N3O2S. The van der Waals surface area contributed by atoms with E-state index in [1.807, 2.05) is 12.3 Å². The fourth-order valence-electron chi connectivity index (χ4n) is 1.89. The van der Waals surface area contributed by atoms with Gasteiger partial charge in [-0.2, -0.15) is 0 Å². The lowest BCUT2D eigenvalue weighted by Crippen LogP contribution is -2.51. The van der Waals surface area contributed by atoms with Crippen molar-refractivity contribution in [2.24, 2.45) is 0 Å². The lowest BCUT2D eigenvalue weighted by molar-refractivity contribution is -0.148. The molecule has 0 radical (unpaired) electrons. The van der Waals surface area contributed by atoms with Crippen LogP contribution in [0.4, 0.5) is 0 Å². The Kier molecular flexibility index (Phi) is 3.54. The Labute approximate surface area is 104 Å². The normalized spacial score (nSPS) is 22.9. The highest BCUT2D eigenvalue weighted by molar-refractivity contribution is 7.09. The molecule has 92 valence electrons. The summed E-state index contributed by atoms with van der Waals surface area (Å²) in [6.07, 6.45) is 2.73. The third-order valence-corrected chi connectivity index (χ3v) is 3.88. The van der Waals surface area contributed by atoms with Crippen molar-refractivity contribution in [3.05, 3.63) is 16.6 Å².